The molecule has 4 atom stereocenters. The second kappa shape index (κ2) is 7.09. The van der Waals surface area contributed by atoms with E-state index >= 15 is 0 Å². The lowest BCUT2D eigenvalue weighted by atomic mass is 9.76. The molecule has 3 aliphatic rings. The smallest absolute Gasteiger partial charge is 0.230 e. The van der Waals surface area contributed by atoms with Crippen molar-refractivity contribution in [3.05, 3.63) is 65.5 Å². The number of hydrogen-bond donors (Lipinski definition) is 1. The van der Waals surface area contributed by atoms with Gasteiger partial charge in [0.15, 0.2) is 0 Å². The van der Waals surface area contributed by atoms with Crippen LogP contribution < -0.4 is 0 Å². The zero-order chi connectivity index (χ0) is 20.9. The minimum absolute atomic E-state index is 0.0185. The first-order valence-corrected chi connectivity index (χ1v) is 10.4. The maximum atomic E-state index is 13.4. The van der Waals surface area contributed by atoms with Gasteiger partial charge in [0.1, 0.15) is 5.60 Å². The molecule has 3 aliphatic heterocycles. The van der Waals surface area contributed by atoms with Gasteiger partial charge in [0.05, 0.1) is 30.7 Å². The van der Waals surface area contributed by atoms with Crippen LogP contribution in [0.5, 0.6) is 0 Å². The van der Waals surface area contributed by atoms with E-state index in [0.29, 0.717) is 19.6 Å². The highest BCUT2D eigenvalue weighted by molar-refractivity contribution is 5.93. The Balaban J connectivity index is 1.32. The Morgan fingerprint density at radius 1 is 1.40 bits per heavy atom. The van der Waals surface area contributed by atoms with Gasteiger partial charge in [-0.1, -0.05) is 42.0 Å². The number of hydrogen-bond acceptors (Lipinski definition) is 4. The van der Waals surface area contributed by atoms with E-state index in [4.69, 9.17) is 4.74 Å². The second-order valence-corrected chi connectivity index (χ2v) is 8.70. The van der Waals surface area contributed by atoms with Crippen molar-refractivity contribution in [2.45, 2.75) is 31.6 Å². The number of likely N-dealkylation sites (N-methyl/N-ethyl adjacent to an activating group) is 1. The van der Waals surface area contributed by atoms with Gasteiger partial charge in [0, 0.05) is 26.3 Å². The summed E-state index contributed by atoms with van der Waals surface area (Å²) in [5.41, 5.74) is 2.65. The number of aromatic nitrogens is 2. The number of carbonyl (C=O) groups excluding carboxylic acids is 2. The maximum absolute atomic E-state index is 13.4. The third-order valence-corrected chi connectivity index (χ3v) is 6.59. The maximum Gasteiger partial charge on any atom is 0.230 e. The van der Waals surface area contributed by atoms with Crippen LogP contribution in [-0.2, 0) is 27.3 Å². The molecule has 2 amide bonds. The van der Waals surface area contributed by atoms with E-state index < -0.39 is 17.4 Å². The number of nitrogens with zero attached hydrogens (tertiary/aromatic N) is 3. The monoisotopic (exact) mass is 406 g/mol. The molecule has 1 spiro atoms. The van der Waals surface area contributed by atoms with Gasteiger partial charge in [-0.3, -0.25) is 14.7 Å². The minimum atomic E-state index is -0.669. The SMILES string of the molecule is Cc1cccc(CN2C[C@]34C=C[C@H](O3)[C@H](C(=O)N(C)CCc3cn[nH]c3)[C@@H]4C2=O)c1. The topological polar surface area (TPSA) is 78.5 Å². The number of aromatic amines is 1. The number of likely N-dealkylation sites (tertiary alicyclic amines) is 1. The number of benzene rings is 1. The van der Waals surface area contributed by atoms with E-state index in [2.05, 4.69) is 16.3 Å². The molecule has 0 saturated carbocycles. The van der Waals surface area contributed by atoms with Crippen LogP contribution in [0.4, 0.5) is 0 Å². The molecule has 7 heteroatoms. The predicted molar refractivity (Wildman–Crippen MR) is 110 cm³/mol. The van der Waals surface area contributed by atoms with E-state index in [-0.39, 0.29) is 17.9 Å². The number of ether oxygens (including phenoxy) is 1. The van der Waals surface area contributed by atoms with Gasteiger partial charge >= 0.3 is 0 Å². The Hall–Kier alpha value is -2.93. The summed E-state index contributed by atoms with van der Waals surface area (Å²) in [6.45, 7) is 3.66. The van der Waals surface area contributed by atoms with Gasteiger partial charge in [0.25, 0.3) is 0 Å². The number of rotatable bonds is 6. The first-order valence-electron chi connectivity index (χ1n) is 10.4. The van der Waals surface area contributed by atoms with Crippen LogP contribution in [0, 0.1) is 18.8 Å². The largest absolute Gasteiger partial charge is 0.360 e. The summed E-state index contributed by atoms with van der Waals surface area (Å²) in [7, 11) is 1.80. The number of H-pyrrole nitrogens is 1. The first kappa shape index (κ1) is 19.1. The van der Waals surface area contributed by atoms with Crippen molar-refractivity contribution >= 4 is 11.8 Å². The molecule has 0 unspecified atom stereocenters. The van der Waals surface area contributed by atoms with Crippen molar-refractivity contribution in [2.75, 3.05) is 20.1 Å². The Morgan fingerprint density at radius 2 is 2.27 bits per heavy atom. The van der Waals surface area contributed by atoms with Crippen LogP contribution in [0.15, 0.2) is 48.8 Å². The molecule has 1 aromatic heterocycles. The van der Waals surface area contributed by atoms with Gasteiger partial charge in [-0.15, -0.1) is 0 Å². The summed E-state index contributed by atoms with van der Waals surface area (Å²) in [4.78, 5) is 30.2. The molecule has 30 heavy (non-hydrogen) atoms. The summed E-state index contributed by atoms with van der Waals surface area (Å²) >= 11 is 0. The molecular weight excluding hydrogens is 380 g/mol. The predicted octanol–water partition coefficient (Wildman–Crippen LogP) is 1.70. The van der Waals surface area contributed by atoms with E-state index in [9.17, 15) is 9.59 Å². The molecule has 0 radical (unpaired) electrons. The highest BCUT2D eigenvalue weighted by atomic mass is 16.5. The Morgan fingerprint density at radius 3 is 3.03 bits per heavy atom. The van der Waals surface area contributed by atoms with Crippen molar-refractivity contribution < 1.29 is 14.3 Å². The van der Waals surface area contributed by atoms with E-state index in [1.54, 1.807) is 18.1 Å². The van der Waals surface area contributed by atoms with Crippen molar-refractivity contribution in [1.29, 1.82) is 0 Å². The molecule has 2 saturated heterocycles. The number of amides is 2. The van der Waals surface area contributed by atoms with Gasteiger partial charge in [-0.05, 0) is 24.5 Å². The molecule has 7 nitrogen and oxygen atoms in total. The summed E-state index contributed by atoms with van der Waals surface area (Å²) in [6, 6.07) is 8.18. The van der Waals surface area contributed by atoms with Crippen molar-refractivity contribution in [3.8, 4) is 0 Å². The Bertz CT molecular complexity index is 1000. The average Bonchev–Trinajstić information content (AvgIpc) is 3.49. The first-order chi connectivity index (χ1) is 14.5. The van der Waals surface area contributed by atoms with Crippen molar-refractivity contribution in [1.82, 2.24) is 20.0 Å². The lowest BCUT2D eigenvalue weighted by Crippen LogP contribution is -2.45. The molecular formula is C23H26N4O3. The van der Waals surface area contributed by atoms with Crippen molar-refractivity contribution in [3.63, 3.8) is 0 Å². The molecule has 1 aromatic carbocycles. The Kier molecular flexibility index (Phi) is 4.50. The van der Waals surface area contributed by atoms with E-state index in [1.165, 1.54) is 5.56 Å². The highest BCUT2D eigenvalue weighted by Crippen LogP contribution is 2.52. The summed E-state index contributed by atoms with van der Waals surface area (Å²) in [5, 5.41) is 6.74. The van der Waals surface area contributed by atoms with Crippen LogP contribution in [0.1, 0.15) is 16.7 Å². The Labute approximate surface area is 175 Å². The molecule has 2 bridgehead atoms. The van der Waals surface area contributed by atoms with Gasteiger partial charge in [0.2, 0.25) is 11.8 Å². The van der Waals surface area contributed by atoms with Gasteiger partial charge in [-0.25, -0.2) is 0 Å². The third kappa shape index (κ3) is 3.04. The fourth-order valence-corrected chi connectivity index (χ4v) is 5.10. The normalized spacial score (nSPS) is 28.9. The zero-order valence-corrected chi connectivity index (χ0v) is 17.2. The van der Waals surface area contributed by atoms with E-state index in [1.807, 2.05) is 48.4 Å². The molecule has 4 heterocycles. The number of carbonyl (C=O) groups is 2. The fourth-order valence-electron chi connectivity index (χ4n) is 5.10. The lowest BCUT2D eigenvalue weighted by molar-refractivity contribution is -0.142. The molecule has 5 rings (SSSR count). The van der Waals surface area contributed by atoms with Gasteiger partial charge in [-0.2, -0.15) is 5.10 Å². The van der Waals surface area contributed by atoms with Crippen LogP contribution in [0.2, 0.25) is 0 Å². The van der Waals surface area contributed by atoms with Gasteiger partial charge < -0.3 is 14.5 Å². The number of fused-ring (bicyclic) bond motifs is 1. The van der Waals surface area contributed by atoms with Crippen LogP contribution in [0.3, 0.4) is 0 Å². The third-order valence-electron chi connectivity index (χ3n) is 6.59. The number of aryl methyl sites for hydroxylation is 1. The molecule has 2 aromatic rings. The zero-order valence-electron chi connectivity index (χ0n) is 17.2. The lowest BCUT2D eigenvalue weighted by Gasteiger charge is -2.27. The van der Waals surface area contributed by atoms with Crippen molar-refractivity contribution in [2.24, 2.45) is 11.8 Å². The summed E-state index contributed by atoms with van der Waals surface area (Å²) in [5.74, 6) is -0.907. The summed E-state index contributed by atoms with van der Waals surface area (Å²) in [6.07, 6.45) is 7.97. The average molecular weight is 406 g/mol. The highest BCUT2D eigenvalue weighted by Gasteiger charge is 2.67. The molecule has 0 aliphatic carbocycles. The minimum Gasteiger partial charge on any atom is -0.360 e. The molecule has 156 valence electrons. The summed E-state index contributed by atoms with van der Waals surface area (Å²) < 4.78 is 6.24. The van der Waals surface area contributed by atoms with Crippen LogP contribution in [-0.4, -0.2) is 63.7 Å². The second-order valence-electron chi connectivity index (χ2n) is 8.70. The fraction of sp³-hybridized carbons (Fsp3) is 0.435. The van der Waals surface area contributed by atoms with Crippen LogP contribution in [0.25, 0.3) is 0 Å². The standard InChI is InChI=1S/C23H26N4O3/c1-15-4-3-5-16(10-15)13-27-14-23-8-6-18(30-23)19(20(23)22(27)29)21(28)26(2)9-7-17-11-24-25-12-17/h3-6,8,10-12,18-20H,7,9,13-14H2,1-2H3,(H,24,25)/t18-,19-,20+,23-/m0/s1. The van der Waals surface area contributed by atoms with Crippen LogP contribution >= 0.6 is 0 Å². The molecule has 1 N–H and O–H groups in total. The molecule has 2 fully saturated rings. The number of nitrogens with one attached hydrogen (secondary N) is 1. The quantitative estimate of drug-likeness (QED) is 0.741. The van der Waals surface area contributed by atoms with E-state index in [0.717, 1.165) is 17.5 Å².